The Morgan fingerprint density at radius 3 is 2.00 bits per heavy atom. The van der Waals surface area contributed by atoms with Crippen molar-refractivity contribution >= 4 is 5.97 Å². The zero-order valence-electron chi connectivity index (χ0n) is 11.3. The first-order chi connectivity index (χ1) is 7.75. The second-order valence-corrected chi connectivity index (χ2v) is 2.54. The number of esters is 1. The Morgan fingerprint density at radius 1 is 1.12 bits per heavy atom. The fourth-order valence-electron chi connectivity index (χ4n) is 1.01. The average Bonchev–Trinajstić information content (AvgIpc) is 2.35. The van der Waals surface area contributed by atoms with Gasteiger partial charge in [-0.05, 0) is 25.5 Å². The molecule has 0 saturated heterocycles. The third kappa shape index (κ3) is 8.49. The van der Waals surface area contributed by atoms with Gasteiger partial charge in [0.2, 0.25) is 0 Å². The summed E-state index contributed by atoms with van der Waals surface area (Å²) in [5, 5.41) is 0. The molecule has 0 aliphatic rings. The van der Waals surface area contributed by atoms with E-state index in [1.807, 2.05) is 52.8 Å². The van der Waals surface area contributed by atoms with Gasteiger partial charge in [0.05, 0.1) is 12.2 Å². The summed E-state index contributed by atoms with van der Waals surface area (Å²) in [7, 11) is 0. The predicted molar refractivity (Wildman–Crippen MR) is 76.6 cm³/mol. The average molecular weight is 240 g/mol. The molecule has 0 aliphatic carbocycles. The van der Waals surface area contributed by atoms with Crippen molar-refractivity contribution in [2.45, 2.75) is 49.0 Å². The summed E-state index contributed by atoms with van der Waals surface area (Å²) in [6.07, 6.45) is 0. The minimum absolute atomic E-state index is 0. The van der Waals surface area contributed by atoms with Crippen molar-refractivity contribution in [1.82, 2.24) is 0 Å². The highest BCUT2D eigenvalue weighted by atomic mass is 16.5. The van der Waals surface area contributed by atoms with E-state index in [2.05, 4.69) is 0 Å². The largest absolute Gasteiger partial charge is 0.462 e. The van der Waals surface area contributed by atoms with Gasteiger partial charge in [-0.25, -0.2) is 4.79 Å². The maximum atomic E-state index is 11.2. The molecule has 0 fully saturated rings. The van der Waals surface area contributed by atoms with E-state index in [1.54, 1.807) is 13.0 Å². The van der Waals surface area contributed by atoms with Gasteiger partial charge in [-0.2, -0.15) is 0 Å². The Morgan fingerprint density at radius 2 is 1.59 bits per heavy atom. The van der Waals surface area contributed by atoms with Crippen LogP contribution in [-0.4, -0.2) is 12.6 Å². The van der Waals surface area contributed by atoms with Gasteiger partial charge in [0.1, 0.15) is 0 Å². The van der Waals surface area contributed by atoms with Crippen LogP contribution < -0.4 is 0 Å². The maximum absolute atomic E-state index is 11.2. The molecular formula is C15H28O2. The minimum Gasteiger partial charge on any atom is -0.462 e. The van der Waals surface area contributed by atoms with Crippen LogP contribution in [0.3, 0.4) is 0 Å². The summed E-state index contributed by atoms with van der Waals surface area (Å²) in [5.41, 5.74) is 1.61. The summed E-state index contributed by atoms with van der Waals surface area (Å²) in [5.74, 6) is -0.240. The molecule has 0 amide bonds. The minimum atomic E-state index is -0.240. The number of carbonyl (C=O) groups is 1. The standard InChI is InChI=1S/C10H12O2.2C2H6.CH4/c1-3-12-10(11)9-7-5-4-6-8(9)2;2*1-2;/h4-7H,3H2,1-2H3;2*1-2H3;1H4. The molecule has 17 heavy (non-hydrogen) atoms. The molecule has 0 bridgehead atoms. The number of ether oxygens (including phenoxy) is 1. The molecule has 2 heteroatoms. The molecule has 0 N–H and O–H groups in total. The number of rotatable bonds is 2. The first-order valence-corrected chi connectivity index (χ1v) is 5.98. The highest BCUT2D eigenvalue weighted by Gasteiger charge is 2.07. The molecule has 0 radical (unpaired) electrons. The van der Waals surface area contributed by atoms with E-state index in [-0.39, 0.29) is 13.4 Å². The Kier molecular flexibility index (Phi) is 18.2. The highest BCUT2D eigenvalue weighted by Crippen LogP contribution is 2.07. The number of hydrogen-bond acceptors (Lipinski definition) is 2. The molecule has 1 aromatic carbocycles. The summed E-state index contributed by atoms with van der Waals surface area (Å²) in [4.78, 5) is 11.2. The molecular weight excluding hydrogens is 212 g/mol. The monoisotopic (exact) mass is 240 g/mol. The second kappa shape index (κ2) is 14.7. The molecule has 0 atom stereocenters. The van der Waals surface area contributed by atoms with Crippen molar-refractivity contribution in [3.05, 3.63) is 35.4 Å². The first kappa shape index (κ1) is 21.0. The quantitative estimate of drug-likeness (QED) is 0.690. The number of carbonyl (C=O) groups excluding carboxylic acids is 1. The maximum Gasteiger partial charge on any atom is 0.338 e. The zero-order valence-corrected chi connectivity index (χ0v) is 11.3. The smallest absolute Gasteiger partial charge is 0.338 e. The van der Waals surface area contributed by atoms with Gasteiger partial charge in [0.15, 0.2) is 0 Å². The van der Waals surface area contributed by atoms with E-state index in [0.717, 1.165) is 5.56 Å². The van der Waals surface area contributed by atoms with Crippen LogP contribution in [0.25, 0.3) is 0 Å². The second-order valence-electron chi connectivity index (χ2n) is 2.54. The Bertz CT molecular complexity index is 280. The van der Waals surface area contributed by atoms with Crippen molar-refractivity contribution in [2.75, 3.05) is 6.61 Å². The van der Waals surface area contributed by atoms with Crippen LogP contribution >= 0.6 is 0 Å². The van der Waals surface area contributed by atoms with E-state index in [1.165, 1.54) is 0 Å². The number of aryl methyl sites for hydroxylation is 1. The van der Waals surface area contributed by atoms with Crippen molar-refractivity contribution in [3.63, 3.8) is 0 Å². The molecule has 0 unspecified atom stereocenters. The third-order valence-corrected chi connectivity index (χ3v) is 1.64. The Hall–Kier alpha value is -1.31. The van der Waals surface area contributed by atoms with Crippen LogP contribution in [0.5, 0.6) is 0 Å². The molecule has 0 heterocycles. The van der Waals surface area contributed by atoms with Gasteiger partial charge in [-0.1, -0.05) is 53.3 Å². The predicted octanol–water partition coefficient (Wildman–Crippen LogP) is 4.86. The van der Waals surface area contributed by atoms with Gasteiger partial charge in [-0.15, -0.1) is 0 Å². The fourth-order valence-corrected chi connectivity index (χ4v) is 1.01. The third-order valence-electron chi connectivity index (χ3n) is 1.64. The van der Waals surface area contributed by atoms with Gasteiger partial charge < -0.3 is 4.74 Å². The summed E-state index contributed by atoms with van der Waals surface area (Å²) in [6.45, 7) is 12.1. The Balaban J connectivity index is -0.000000355. The van der Waals surface area contributed by atoms with Crippen molar-refractivity contribution in [1.29, 1.82) is 0 Å². The molecule has 1 rings (SSSR count). The van der Waals surface area contributed by atoms with Gasteiger partial charge in [-0.3, -0.25) is 0 Å². The van der Waals surface area contributed by atoms with Crippen molar-refractivity contribution < 1.29 is 9.53 Å². The normalized spacial score (nSPS) is 7.41. The lowest BCUT2D eigenvalue weighted by Gasteiger charge is -2.03. The molecule has 0 spiro atoms. The van der Waals surface area contributed by atoms with Gasteiger partial charge in [0.25, 0.3) is 0 Å². The van der Waals surface area contributed by atoms with E-state index in [4.69, 9.17) is 4.74 Å². The van der Waals surface area contributed by atoms with E-state index < -0.39 is 0 Å². The van der Waals surface area contributed by atoms with E-state index in [9.17, 15) is 4.79 Å². The van der Waals surface area contributed by atoms with E-state index in [0.29, 0.717) is 12.2 Å². The van der Waals surface area contributed by atoms with Gasteiger partial charge in [0, 0.05) is 0 Å². The van der Waals surface area contributed by atoms with E-state index >= 15 is 0 Å². The van der Waals surface area contributed by atoms with Gasteiger partial charge >= 0.3 is 5.97 Å². The van der Waals surface area contributed by atoms with Crippen molar-refractivity contribution in [3.8, 4) is 0 Å². The van der Waals surface area contributed by atoms with Crippen molar-refractivity contribution in [2.24, 2.45) is 0 Å². The summed E-state index contributed by atoms with van der Waals surface area (Å²) in [6, 6.07) is 7.40. The van der Waals surface area contributed by atoms with Crippen LogP contribution in [0.4, 0.5) is 0 Å². The molecule has 0 aromatic heterocycles. The van der Waals surface area contributed by atoms with Crippen LogP contribution in [0.15, 0.2) is 24.3 Å². The molecule has 0 saturated carbocycles. The lowest BCUT2D eigenvalue weighted by atomic mass is 10.1. The summed E-state index contributed by atoms with van der Waals surface area (Å²) >= 11 is 0. The molecule has 1 aromatic rings. The molecule has 2 nitrogen and oxygen atoms in total. The summed E-state index contributed by atoms with van der Waals surface area (Å²) < 4.78 is 4.87. The van der Waals surface area contributed by atoms with Crippen LogP contribution in [0.2, 0.25) is 0 Å². The van der Waals surface area contributed by atoms with Crippen LogP contribution in [0, 0.1) is 6.92 Å². The number of benzene rings is 1. The van der Waals surface area contributed by atoms with Crippen LogP contribution in [-0.2, 0) is 4.74 Å². The first-order valence-electron chi connectivity index (χ1n) is 5.98. The van der Waals surface area contributed by atoms with Crippen LogP contribution in [0.1, 0.15) is 58.0 Å². The lowest BCUT2D eigenvalue weighted by molar-refractivity contribution is 0.0525. The zero-order chi connectivity index (χ0) is 13.0. The Labute approximate surface area is 107 Å². The molecule has 0 aliphatic heterocycles. The molecule has 100 valence electrons. The lowest BCUT2D eigenvalue weighted by Crippen LogP contribution is -2.05. The number of hydrogen-bond donors (Lipinski definition) is 0. The topological polar surface area (TPSA) is 26.3 Å². The highest BCUT2D eigenvalue weighted by molar-refractivity contribution is 5.90. The SMILES string of the molecule is C.CC.CC.CCOC(=O)c1ccccc1C. The fraction of sp³-hybridized carbons (Fsp3) is 0.533.